The highest BCUT2D eigenvalue weighted by molar-refractivity contribution is 7.12. The highest BCUT2D eigenvalue weighted by Crippen LogP contribution is 2.43. The van der Waals surface area contributed by atoms with Gasteiger partial charge in [-0.15, -0.1) is 11.3 Å². The van der Waals surface area contributed by atoms with Gasteiger partial charge in [0.15, 0.2) is 0 Å². The molecule has 2 N–H and O–H groups in total. The van der Waals surface area contributed by atoms with Gasteiger partial charge in [0.2, 0.25) is 5.88 Å². The number of thiophene rings is 1. The molecular weight excluding hydrogens is 405 g/mol. The largest absolute Gasteiger partial charge is 0.401 e. The maximum absolute atomic E-state index is 12.5. The molecule has 0 aromatic carbocycles. The minimum atomic E-state index is -4.13. The first-order valence-electron chi connectivity index (χ1n) is 9.65. The molecule has 2 atom stereocenters. The van der Waals surface area contributed by atoms with E-state index in [2.05, 4.69) is 15.8 Å². The van der Waals surface area contributed by atoms with E-state index in [1.165, 1.54) is 16.2 Å². The van der Waals surface area contributed by atoms with Crippen LogP contribution in [0.15, 0.2) is 22.0 Å². The third-order valence-electron chi connectivity index (χ3n) is 5.37. The molecule has 0 radical (unpaired) electrons. The Balaban J connectivity index is 1.23. The molecule has 2 aromatic heterocycles. The van der Waals surface area contributed by atoms with Gasteiger partial charge in [-0.05, 0) is 56.3 Å². The van der Waals surface area contributed by atoms with Crippen LogP contribution in [0.25, 0.3) is 0 Å². The average molecular weight is 428 g/mol. The number of amides is 1. The van der Waals surface area contributed by atoms with Crippen molar-refractivity contribution in [3.8, 4) is 0 Å². The maximum atomic E-state index is 12.5. The number of carbonyl (C=O) groups excluding carboxylic acids is 1. The zero-order valence-electron chi connectivity index (χ0n) is 16.0. The molecule has 29 heavy (non-hydrogen) atoms. The van der Waals surface area contributed by atoms with Gasteiger partial charge in [-0.25, -0.2) is 0 Å². The van der Waals surface area contributed by atoms with Crippen molar-refractivity contribution in [3.05, 3.63) is 33.6 Å². The molecular formula is C19H23F3N4O2S. The molecule has 6 nitrogen and oxygen atoms in total. The molecule has 0 spiro atoms. The van der Waals surface area contributed by atoms with Gasteiger partial charge in [-0.1, -0.05) is 5.16 Å². The number of nitrogens with one attached hydrogen (secondary N) is 2. The van der Waals surface area contributed by atoms with Crippen LogP contribution in [0.4, 0.5) is 19.1 Å². The molecule has 1 amide bonds. The van der Waals surface area contributed by atoms with E-state index in [4.69, 9.17) is 4.52 Å². The Morgan fingerprint density at radius 3 is 2.76 bits per heavy atom. The normalized spacial score (nSPS) is 23.3. The summed E-state index contributed by atoms with van der Waals surface area (Å²) in [4.78, 5) is 14.4. The first kappa shape index (κ1) is 20.4. The lowest BCUT2D eigenvalue weighted by Crippen LogP contribution is -2.46. The molecule has 2 fully saturated rings. The molecule has 4 rings (SSSR count). The fourth-order valence-electron chi connectivity index (χ4n) is 3.82. The summed E-state index contributed by atoms with van der Waals surface area (Å²) >= 11 is 1.39. The fraction of sp³-hybridized carbons (Fsp3) is 0.579. The average Bonchev–Trinajstić information content (AvgIpc) is 3.03. The molecule has 1 aliphatic carbocycles. The van der Waals surface area contributed by atoms with Gasteiger partial charge in [0.1, 0.15) is 0 Å². The first-order chi connectivity index (χ1) is 13.8. The summed E-state index contributed by atoms with van der Waals surface area (Å²) in [7, 11) is 0. The lowest BCUT2D eigenvalue weighted by atomic mass is 10.0. The summed E-state index contributed by atoms with van der Waals surface area (Å²) in [6.45, 7) is 1.90. The number of hydrogen-bond acceptors (Lipinski definition) is 6. The molecule has 2 aliphatic rings. The molecule has 0 bridgehead atoms. The van der Waals surface area contributed by atoms with Crippen molar-refractivity contribution >= 4 is 23.1 Å². The second-order valence-corrected chi connectivity index (χ2v) is 8.72. The van der Waals surface area contributed by atoms with E-state index in [1.807, 2.05) is 11.4 Å². The Kier molecular flexibility index (Phi) is 5.67. The minimum absolute atomic E-state index is 0.223. The highest BCUT2D eigenvalue weighted by atomic mass is 32.1. The zero-order chi connectivity index (χ0) is 20.6. The van der Waals surface area contributed by atoms with E-state index in [0.717, 1.165) is 24.8 Å². The summed E-state index contributed by atoms with van der Waals surface area (Å²) in [6.07, 6.45) is -1.68. The molecule has 2 aromatic rings. The number of likely N-dealkylation sites (tertiary alicyclic amines) is 1. The highest BCUT2D eigenvalue weighted by Gasteiger charge is 2.41. The third kappa shape index (κ3) is 5.37. The number of piperidine rings is 1. The van der Waals surface area contributed by atoms with Crippen molar-refractivity contribution in [2.45, 2.75) is 50.4 Å². The van der Waals surface area contributed by atoms with Crippen molar-refractivity contribution < 1.29 is 22.5 Å². The molecule has 10 heteroatoms. The van der Waals surface area contributed by atoms with Crippen molar-refractivity contribution in [1.29, 1.82) is 0 Å². The number of carbonyl (C=O) groups is 1. The van der Waals surface area contributed by atoms with Crippen LogP contribution < -0.4 is 10.6 Å². The SMILES string of the molecule is Cc1cc(NC(=O)c2cc(C3CC3NC3CCN(CC(F)(F)F)CC3)cs2)on1. The van der Waals surface area contributed by atoms with Gasteiger partial charge in [0, 0.05) is 24.1 Å². The third-order valence-corrected chi connectivity index (χ3v) is 6.31. The zero-order valence-corrected chi connectivity index (χ0v) is 16.8. The van der Waals surface area contributed by atoms with Gasteiger partial charge in [-0.3, -0.25) is 15.0 Å². The van der Waals surface area contributed by atoms with Crippen LogP contribution in [0.5, 0.6) is 0 Å². The van der Waals surface area contributed by atoms with E-state index in [0.29, 0.717) is 41.5 Å². The number of aromatic nitrogens is 1. The van der Waals surface area contributed by atoms with E-state index >= 15 is 0 Å². The molecule has 1 saturated heterocycles. The van der Waals surface area contributed by atoms with Crippen molar-refractivity contribution in [2.24, 2.45) is 0 Å². The Morgan fingerprint density at radius 1 is 1.34 bits per heavy atom. The van der Waals surface area contributed by atoms with Crippen LogP contribution in [0.2, 0.25) is 0 Å². The predicted molar refractivity (Wildman–Crippen MR) is 103 cm³/mol. The number of halogens is 3. The fourth-order valence-corrected chi connectivity index (χ4v) is 4.69. The molecule has 1 aliphatic heterocycles. The monoisotopic (exact) mass is 428 g/mol. The van der Waals surface area contributed by atoms with Gasteiger partial charge < -0.3 is 9.84 Å². The van der Waals surface area contributed by atoms with Crippen LogP contribution in [-0.2, 0) is 0 Å². The molecule has 158 valence electrons. The quantitative estimate of drug-likeness (QED) is 0.733. The molecule has 2 unspecified atom stereocenters. The van der Waals surface area contributed by atoms with E-state index in [1.54, 1.807) is 13.0 Å². The number of aryl methyl sites for hydroxylation is 1. The van der Waals surface area contributed by atoms with Crippen molar-refractivity contribution in [3.63, 3.8) is 0 Å². The Labute approximate surface area is 170 Å². The van der Waals surface area contributed by atoms with E-state index < -0.39 is 12.7 Å². The van der Waals surface area contributed by atoms with Gasteiger partial charge in [-0.2, -0.15) is 13.2 Å². The van der Waals surface area contributed by atoms with E-state index in [-0.39, 0.29) is 11.9 Å². The van der Waals surface area contributed by atoms with Gasteiger partial charge in [0.05, 0.1) is 17.1 Å². The number of nitrogens with zero attached hydrogens (tertiary/aromatic N) is 2. The summed E-state index contributed by atoms with van der Waals surface area (Å²) in [6, 6.07) is 4.15. The maximum Gasteiger partial charge on any atom is 0.401 e. The second kappa shape index (κ2) is 8.08. The number of anilines is 1. The smallest absolute Gasteiger partial charge is 0.338 e. The number of alkyl halides is 3. The van der Waals surface area contributed by atoms with Crippen LogP contribution in [0.3, 0.4) is 0 Å². The predicted octanol–water partition coefficient (Wildman–Crippen LogP) is 3.77. The van der Waals surface area contributed by atoms with E-state index in [9.17, 15) is 18.0 Å². The summed E-state index contributed by atoms with van der Waals surface area (Å²) in [5.41, 5.74) is 1.82. The standard InChI is InChI=1S/C19H23F3N4O2S/c1-11-6-17(28-25-11)24-18(27)16-7-12(9-29-16)14-8-15(14)23-13-2-4-26(5-3-13)10-19(20,21)22/h6-7,9,13-15,23H,2-5,8,10H2,1H3,(H,24,27). The lowest BCUT2D eigenvalue weighted by Gasteiger charge is -2.33. The van der Waals surface area contributed by atoms with Crippen LogP contribution in [-0.4, -0.2) is 53.9 Å². The number of rotatable bonds is 6. The minimum Gasteiger partial charge on any atom is -0.338 e. The van der Waals surface area contributed by atoms with Gasteiger partial charge in [0.25, 0.3) is 5.91 Å². The summed E-state index contributed by atoms with van der Waals surface area (Å²) in [5, 5.41) is 12.0. The van der Waals surface area contributed by atoms with Crippen molar-refractivity contribution in [2.75, 3.05) is 25.0 Å². The first-order valence-corrected chi connectivity index (χ1v) is 10.5. The summed E-state index contributed by atoms with van der Waals surface area (Å²) < 4.78 is 42.5. The van der Waals surface area contributed by atoms with Crippen LogP contribution >= 0.6 is 11.3 Å². The Morgan fingerprint density at radius 2 is 2.10 bits per heavy atom. The van der Waals surface area contributed by atoms with Crippen LogP contribution in [0, 0.1) is 6.92 Å². The Bertz CT molecular complexity index is 858. The van der Waals surface area contributed by atoms with Crippen LogP contribution in [0.1, 0.15) is 46.1 Å². The molecule has 3 heterocycles. The second-order valence-electron chi connectivity index (χ2n) is 7.81. The number of hydrogen-bond donors (Lipinski definition) is 2. The lowest BCUT2D eigenvalue weighted by molar-refractivity contribution is -0.148. The van der Waals surface area contributed by atoms with Crippen molar-refractivity contribution in [1.82, 2.24) is 15.4 Å². The van der Waals surface area contributed by atoms with Gasteiger partial charge >= 0.3 is 6.18 Å². The molecule has 1 saturated carbocycles. The summed E-state index contributed by atoms with van der Waals surface area (Å²) in [5.74, 6) is 0.457. The topological polar surface area (TPSA) is 70.4 Å². The Hall–Kier alpha value is -1.91.